The molecule has 0 fully saturated rings. The molecule has 0 atom stereocenters. The largest absolute Gasteiger partial charge is 0.489 e. The first kappa shape index (κ1) is 17.1. The minimum Gasteiger partial charge on any atom is -0.489 e. The lowest BCUT2D eigenvalue weighted by atomic mass is 10.1. The van der Waals surface area contributed by atoms with Crippen LogP contribution in [-0.4, -0.2) is 16.3 Å². The second-order valence-electron chi connectivity index (χ2n) is 5.08. The van der Waals surface area contributed by atoms with Crippen molar-refractivity contribution >= 4 is 12.4 Å². The zero-order valence-electron chi connectivity index (χ0n) is 12.8. The normalized spacial score (nSPS) is 10.1. The van der Waals surface area contributed by atoms with Crippen molar-refractivity contribution in [3.63, 3.8) is 0 Å². The molecule has 4 nitrogen and oxygen atoms in total. The van der Waals surface area contributed by atoms with Gasteiger partial charge in [-0.1, -0.05) is 42.5 Å². The number of rotatable bonds is 6. The molecule has 2 N–H and O–H groups in total. The highest BCUT2D eigenvalue weighted by atomic mass is 35.5. The highest BCUT2D eigenvalue weighted by molar-refractivity contribution is 5.85. The maximum Gasteiger partial charge on any atom is 0.119 e. The molecule has 0 aliphatic heterocycles. The summed E-state index contributed by atoms with van der Waals surface area (Å²) in [5.41, 5.74) is 8.90. The summed E-state index contributed by atoms with van der Waals surface area (Å²) >= 11 is 0. The van der Waals surface area contributed by atoms with Gasteiger partial charge in [0.05, 0.1) is 12.7 Å². The first-order valence-corrected chi connectivity index (χ1v) is 7.35. The molecule has 5 heteroatoms. The zero-order chi connectivity index (χ0) is 15.2. The van der Waals surface area contributed by atoms with Crippen LogP contribution in [0.1, 0.15) is 5.56 Å². The number of aromatic nitrogens is 2. The Morgan fingerprint density at radius 2 is 1.70 bits per heavy atom. The monoisotopic (exact) mass is 329 g/mol. The Morgan fingerprint density at radius 1 is 0.957 bits per heavy atom. The molecule has 0 aliphatic carbocycles. The lowest BCUT2D eigenvalue weighted by Gasteiger charge is -2.06. The van der Waals surface area contributed by atoms with E-state index < -0.39 is 0 Å². The van der Waals surface area contributed by atoms with Gasteiger partial charge in [0.1, 0.15) is 12.4 Å². The third kappa shape index (κ3) is 4.58. The van der Waals surface area contributed by atoms with E-state index in [1.165, 1.54) is 0 Å². The summed E-state index contributed by atoms with van der Waals surface area (Å²) in [6, 6.07) is 18.2. The number of nitrogens with zero attached hydrogens (tertiary/aromatic N) is 2. The second kappa shape index (κ2) is 8.36. The van der Waals surface area contributed by atoms with E-state index in [1.807, 2.05) is 59.5 Å². The van der Waals surface area contributed by atoms with Gasteiger partial charge in [-0.05, 0) is 23.3 Å². The standard InChI is InChI=1S/C18H19N3O.ClH/c19-10-11-21-13-17(12-20-21)16-6-8-18(9-7-16)22-14-15-4-2-1-3-5-15;/h1-9,12-13H,10-11,14,19H2;1H. The van der Waals surface area contributed by atoms with Crippen LogP contribution in [0, 0.1) is 0 Å². The number of hydrogen-bond acceptors (Lipinski definition) is 3. The predicted molar refractivity (Wildman–Crippen MR) is 94.7 cm³/mol. The molecule has 120 valence electrons. The van der Waals surface area contributed by atoms with Crippen LogP contribution in [0.25, 0.3) is 11.1 Å². The Balaban J connectivity index is 0.00000192. The highest BCUT2D eigenvalue weighted by Gasteiger charge is 2.02. The van der Waals surface area contributed by atoms with Gasteiger partial charge in [0.25, 0.3) is 0 Å². The van der Waals surface area contributed by atoms with Gasteiger partial charge in [-0.2, -0.15) is 5.10 Å². The second-order valence-corrected chi connectivity index (χ2v) is 5.08. The lowest BCUT2D eigenvalue weighted by Crippen LogP contribution is -2.09. The average Bonchev–Trinajstić information content (AvgIpc) is 3.03. The molecular formula is C18H20ClN3O. The van der Waals surface area contributed by atoms with Crippen LogP contribution in [0.5, 0.6) is 5.75 Å². The van der Waals surface area contributed by atoms with E-state index in [-0.39, 0.29) is 12.4 Å². The first-order valence-electron chi connectivity index (χ1n) is 7.35. The molecule has 0 unspecified atom stereocenters. The van der Waals surface area contributed by atoms with Crippen molar-refractivity contribution in [3.8, 4) is 16.9 Å². The number of halogens is 1. The van der Waals surface area contributed by atoms with Gasteiger partial charge in [0.2, 0.25) is 0 Å². The summed E-state index contributed by atoms with van der Waals surface area (Å²) in [5.74, 6) is 0.863. The van der Waals surface area contributed by atoms with Crippen LogP contribution in [0.4, 0.5) is 0 Å². The van der Waals surface area contributed by atoms with Crippen LogP contribution in [0.15, 0.2) is 67.0 Å². The minimum absolute atomic E-state index is 0. The molecule has 0 saturated heterocycles. The molecule has 0 aliphatic rings. The molecule has 0 spiro atoms. The van der Waals surface area contributed by atoms with Gasteiger partial charge in [-0.25, -0.2) is 0 Å². The van der Waals surface area contributed by atoms with Crippen LogP contribution < -0.4 is 10.5 Å². The summed E-state index contributed by atoms with van der Waals surface area (Å²) in [5, 5.41) is 4.29. The van der Waals surface area contributed by atoms with E-state index in [9.17, 15) is 0 Å². The quantitative estimate of drug-likeness (QED) is 0.753. The van der Waals surface area contributed by atoms with Gasteiger partial charge < -0.3 is 10.5 Å². The van der Waals surface area contributed by atoms with Crippen LogP contribution in [-0.2, 0) is 13.2 Å². The van der Waals surface area contributed by atoms with Crippen molar-refractivity contribution in [3.05, 3.63) is 72.6 Å². The SMILES string of the molecule is Cl.NCCn1cc(-c2ccc(OCc3ccccc3)cc2)cn1. The van der Waals surface area contributed by atoms with Crippen molar-refractivity contribution in [2.75, 3.05) is 6.54 Å². The van der Waals surface area contributed by atoms with Crippen molar-refractivity contribution in [2.45, 2.75) is 13.2 Å². The molecule has 1 aromatic heterocycles. The number of hydrogen-bond donors (Lipinski definition) is 1. The Kier molecular flexibility index (Phi) is 6.20. The summed E-state index contributed by atoms with van der Waals surface area (Å²) in [6.45, 7) is 1.90. The third-order valence-electron chi connectivity index (χ3n) is 3.43. The van der Waals surface area contributed by atoms with Crippen molar-refractivity contribution in [1.29, 1.82) is 0 Å². The minimum atomic E-state index is 0. The molecule has 3 aromatic rings. The fourth-order valence-electron chi connectivity index (χ4n) is 2.25. The van der Waals surface area contributed by atoms with Crippen LogP contribution >= 0.6 is 12.4 Å². The van der Waals surface area contributed by atoms with Crippen molar-refractivity contribution in [1.82, 2.24) is 9.78 Å². The summed E-state index contributed by atoms with van der Waals surface area (Å²) in [6.07, 6.45) is 3.86. The molecule has 3 rings (SSSR count). The summed E-state index contributed by atoms with van der Waals surface area (Å²) in [4.78, 5) is 0. The molecule has 23 heavy (non-hydrogen) atoms. The molecule has 0 amide bonds. The molecule has 0 bridgehead atoms. The van der Waals surface area contributed by atoms with E-state index >= 15 is 0 Å². The summed E-state index contributed by atoms with van der Waals surface area (Å²) in [7, 11) is 0. The fraction of sp³-hybridized carbons (Fsp3) is 0.167. The smallest absolute Gasteiger partial charge is 0.119 e. The number of ether oxygens (including phenoxy) is 1. The molecule has 0 radical (unpaired) electrons. The first-order chi connectivity index (χ1) is 10.8. The van der Waals surface area contributed by atoms with Crippen LogP contribution in [0.2, 0.25) is 0 Å². The van der Waals surface area contributed by atoms with Gasteiger partial charge in [-0.3, -0.25) is 4.68 Å². The maximum absolute atomic E-state index is 5.79. The summed E-state index contributed by atoms with van der Waals surface area (Å²) < 4.78 is 7.65. The Bertz CT molecular complexity index is 711. The molecular weight excluding hydrogens is 310 g/mol. The van der Waals surface area contributed by atoms with E-state index in [0.29, 0.717) is 13.2 Å². The Labute approximate surface area is 142 Å². The molecule has 2 aromatic carbocycles. The van der Waals surface area contributed by atoms with Crippen molar-refractivity contribution < 1.29 is 4.74 Å². The average molecular weight is 330 g/mol. The van der Waals surface area contributed by atoms with Gasteiger partial charge >= 0.3 is 0 Å². The Morgan fingerprint density at radius 3 is 2.39 bits per heavy atom. The van der Waals surface area contributed by atoms with Crippen molar-refractivity contribution in [2.24, 2.45) is 5.73 Å². The molecule has 0 saturated carbocycles. The van der Waals surface area contributed by atoms with Gasteiger partial charge in [0, 0.05) is 18.3 Å². The van der Waals surface area contributed by atoms with E-state index in [4.69, 9.17) is 10.5 Å². The van der Waals surface area contributed by atoms with E-state index in [2.05, 4.69) is 17.2 Å². The highest BCUT2D eigenvalue weighted by Crippen LogP contribution is 2.22. The van der Waals surface area contributed by atoms with E-state index in [1.54, 1.807) is 0 Å². The third-order valence-corrected chi connectivity index (χ3v) is 3.43. The number of nitrogens with two attached hydrogens (primary N) is 1. The van der Waals surface area contributed by atoms with E-state index in [0.717, 1.165) is 29.0 Å². The fourth-order valence-corrected chi connectivity index (χ4v) is 2.25. The van der Waals surface area contributed by atoms with Gasteiger partial charge in [0.15, 0.2) is 0 Å². The zero-order valence-corrected chi connectivity index (χ0v) is 13.6. The topological polar surface area (TPSA) is 53.1 Å². The van der Waals surface area contributed by atoms with Crippen LogP contribution in [0.3, 0.4) is 0 Å². The van der Waals surface area contributed by atoms with Gasteiger partial charge in [-0.15, -0.1) is 12.4 Å². The predicted octanol–water partition coefficient (Wildman–Crippen LogP) is 3.51. The molecule has 1 heterocycles. The number of benzene rings is 2. The maximum atomic E-state index is 5.79. The Hall–Kier alpha value is -2.30. The lowest BCUT2D eigenvalue weighted by molar-refractivity contribution is 0.306.